The van der Waals surface area contributed by atoms with E-state index in [9.17, 15) is 78.3 Å². The van der Waals surface area contributed by atoms with Crippen LogP contribution in [0, 0.1) is 68.5 Å². The largest absolute Gasteiger partial charge is 0.530 e. The number of alkyl halides is 4. The van der Waals surface area contributed by atoms with Crippen LogP contribution in [0.1, 0.15) is 77.6 Å². The predicted octanol–water partition coefficient (Wildman–Crippen LogP) is 6.15. The molecule has 20 atom stereocenters. The highest BCUT2D eigenvalue weighted by molar-refractivity contribution is 7.71. The molecule has 8 aliphatic heterocycles. The number of phosphoric ester groups is 4. The quantitative estimate of drug-likeness (QED) is 0.0223. The van der Waals surface area contributed by atoms with Gasteiger partial charge < -0.3 is 77.9 Å². The molecule has 12 N–H and O–H groups in total. The van der Waals surface area contributed by atoms with Gasteiger partial charge in [0.2, 0.25) is 0 Å². The Morgan fingerprint density at radius 1 is 0.403 bits per heavy atom. The molecule has 8 aliphatic rings. The minimum atomic E-state index is -4.80. The van der Waals surface area contributed by atoms with Crippen molar-refractivity contribution in [3.63, 3.8) is 0 Å². The number of aliphatic hydroxyl groups excluding tert-OH is 8. The highest BCUT2D eigenvalue weighted by Gasteiger charge is 2.62. The van der Waals surface area contributed by atoms with E-state index in [-0.39, 0.29) is 81.2 Å². The molecule has 0 saturated carbocycles. The van der Waals surface area contributed by atoms with Crippen molar-refractivity contribution in [2.24, 2.45) is 0 Å². The summed E-state index contributed by atoms with van der Waals surface area (Å²) in [5.74, 6) is -5.25. The number of ether oxygens (including phenoxy) is 4. The molecule has 4 unspecified atom stereocenters. The molecule has 0 amide bonds. The van der Waals surface area contributed by atoms with Crippen LogP contribution in [0.5, 0.6) is 23.0 Å². The van der Waals surface area contributed by atoms with Gasteiger partial charge in [0.1, 0.15) is 120 Å². The van der Waals surface area contributed by atoms with Gasteiger partial charge in [0.05, 0.1) is 34.7 Å². The average Bonchev–Trinajstić information content (AvgIpc) is 1.55. The molecule has 0 bridgehead atoms. The summed E-state index contributed by atoms with van der Waals surface area (Å²) in [6.45, 7) is -10.6. The Morgan fingerprint density at radius 2 is 0.645 bits per heavy atom. The second kappa shape index (κ2) is 36.5. The van der Waals surface area contributed by atoms with Crippen molar-refractivity contribution in [3.05, 3.63) is 227 Å². The number of nitrogens with zero attached hydrogens (tertiary/aromatic N) is 4. The number of terminal acetylenes is 4. The highest BCUT2D eigenvalue weighted by Crippen LogP contribution is 2.60. The van der Waals surface area contributed by atoms with E-state index in [4.69, 9.17) is 156 Å². The van der Waals surface area contributed by atoms with Gasteiger partial charge in [-0.2, -0.15) is 0 Å². The van der Waals surface area contributed by atoms with Crippen LogP contribution in [-0.4, -0.2) is 178 Å². The summed E-state index contributed by atoms with van der Waals surface area (Å²) in [6.07, 6.45) is -2.97. The molecule has 40 nitrogen and oxygen atoms in total. The summed E-state index contributed by atoms with van der Waals surface area (Å²) >= 11 is 19.8. The summed E-state index contributed by atoms with van der Waals surface area (Å²) in [7, 11) is -18.0. The van der Waals surface area contributed by atoms with Crippen LogP contribution in [0.2, 0.25) is 0 Å². The van der Waals surface area contributed by atoms with Crippen molar-refractivity contribution >= 4 is 80.2 Å². The smallest absolute Gasteiger partial charge is 0.404 e. The molecule has 124 heavy (non-hydrogen) atoms. The van der Waals surface area contributed by atoms with E-state index in [1.807, 2.05) is 11.8 Å². The Bertz CT molecular complexity index is 6760. The Kier molecular flexibility index (Phi) is 24.7. The highest BCUT2D eigenvalue weighted by atomic mass is 32.1. The number of fused-ring (bicyclic) bond motifs is 4. The molecule has 8 aromatic rings. The van der Waals surface area contributed by atoms with Crippen LogP contribution in [0.3, 0.4) is 0 Å². The van der Waals surface area contributed by atoms with Crippen molar-refractivity contribution in [2.75, 3.05) is 26.3 Å². The average molecular weight is 1890 g/mol. The Hall–Kier alpha value is -9.44. The van der Waals surface area contributed by atoms with Crippen LogP contribution >= 0.6 is 80.2 Å². The maximum atomic E-state index is 15.9. The summed E-state index contributed by atoms with van der Waals surface area (Å²) in [5.41, 5.74) is -1.86. The van der Waals surface area contributed by atoms with E-state index < -0.39 is 187 Å². The fourth-order valence-electron chi connectivity index (χ4n) is 11.8. The third-order valence-corrected chi connectivity index (χ3v) is 24.5. The van der Waals surface area contributed by atoms with Crippen molar-refractivity contribution in [1.82, 2.24) is 38.2 Å². The lowest BCUT2D eigenvalue weighted by Gasteiger charge is -2.28. The van der Waals surface area contributed by atoms with Gasteiger partial charge in [0, 0.05) is 47.0 Å². The molecular formula is C72H64F4N8O32P4S4. The van der Waals surface area contributed by atoms with Crippen LogP contribution in [0.15, 0.2) is 141 Å². The molecular weight excluding hydrogens is 1820 g/mol. The van der Waals surface area contributed by atoms with Crippen molar-refractivity contribution < 1.29 is 158 Å². The van der Waals surface area contributed by atoms with Gasteiger partial charge in [0.25, 0.3) is 45.7 Å². The zero-order valence-electron chi connectivity index (χ0n) is 68.0. The number of phosphoric acid groups is 4. The summed E-state index contributed by atoms with van der Waals surface area (Å²) in [4.78, 5) is 55.8. The predicted molar refractivity (Wildman–Crippen MR) is 421 cm³/mol. The lowest BCUT2D eigenvalue weighted by atomic mass is 10.1. The molecule has 0 aliphatic carbocycles. The molecule has 0 spiro atoms. The fourth-order valence-corrected chi connectivity index (χ4v) is 17.4. The van der Waals surface area contributed by atoms with Gasteiger partial charge in [-0.05, 0) is 73.1 Å². The van der Waals surface area contributed by atoms with E-state index in [1.165, 1.54) is 24.3 Å². The van der Waals surface area contributed by atoms with Crippen LogP contribution in [0.4, 0.5) is 17.6 Å². The minimum absolute atomic E-state index is 0.0323. The molecule has 4 saturated heterocycles. The first-order chi connectivity index (χ1) is 60.8. The molecule has 4 aromatic carbocycles. The fraction of sp³-hybridized carbons (Fsp3) is 0.333. The van der Waals surface area contributed by atoms with Gasteiger partial charge >= 0.3 is 31.3 Å². The SMILES string of the molecule is C#Cc1cn([C@@H]2O[C@](F)(COP3(=O)OCc4ccccc4O3)[C@@H](O)[C@H]2O)c(=S)[nH]c1=O.[2H]C([2H])(OP1(=O)OCc2ccccc2O1)[C@@]1(F)O[C@@H](n2cc(C#C)c(=O)[nH]c2=S)[C@H](O)[C@@H]1O.[2H]C([2H])(OP1(=O)OCc2ccccc2O1)[C@@]1(F)O[C@@]([2H])(n2cc(C#C)c(=O)[nH]c2=S)[C@H](O)[C@@H]1O.[2H][C@@]1(n2cc(C#C)c(=O)[nH]c2=S)O[C@](F)(COP2(=O)OCc3ccccc3O2)[C@@H](O)[C@H]1O. The first kappa shape index (κ1) is 84.1. The number of para-hydroxylation sites is 4. The van der Waals surface area contributed by atoms with Gasteiger partial charge in [-0.25, -0.2) is 35.8 Å². The topological polar surface area (TPSA) is 529 Å². The van der Waals surface area contributed by atoms with E-state index in [0.29, 0.717) is 31.4 Å². The van der Waals surface area contributed by atoms with Crippen LogP contribution in [-0.2, 0) is 99.8 Å². The van der Waals surface area contributed by atoms with E-state index in [1.54, 1.807) is 72.8 Å². The second-order valence-electron chi connectivity index (χ2n) is 26.4. The monoisotopic (exact) mass is 1890 g/mol. The number of nitrogens with one attached hydrogen (secondary N) is 4. The van der Waals surface area contributed by atoms with Crippen LogP contribution in [0.25, 0.3) is 0 Å². The number of rotatable bonds is 16. The number of benzene rings is 4. The molecule has 16 rings (SSSR count). The number of aromatic nitrogens is 8. The first-order valence-electron chi connectivity index (χ1n) is 37.9. The van der Waals surface area contributed by atoms with Gasteiger partial charge in [0.15, 0.2) is 43.9 Å². The second-order valence-corrected chi connectivity index (χ2v) is 34.1. The maximum absolute atomic E-state index is 15.9. The van der Waals surface area contributed by atoms with Gasteiger partial charge in [-0.1, -0.05) is 96.5 Å². The van der Waals surface area contributed by atoms with Crippen molar-refractivity contribution in [2.45, 2.75) is 124 Å². The molecule has 656 valence electrons. The minimum Gasteiger partial charge on any atom is -0.404 e. The lowest BCUT2D eigenvalue weighted by molar-refractivity contribution is -0.205. The Labute approximate surface area is 722 Å². The van der Waals surface area contributed by atoms with E-state index >= 15 is 17.6 Å². The Morgan fingerprint density at radius 3 is 0.968 bits per heavy atom. The number of H-pyrrole nitrogens is 4. The maximum Gasteiger partial charge on any atom is 0.530 e. The summed E-state index contributed by atoms with van der Waals surface area (Å²) in [5, 5.41) is 82.8. The van der Waals surface area contributed by atoms with Gasteiger partial charge in [-0.15, -0.1) is 25.7 Å². The number of hydrogen-bond acceptors (Lipinski definition) is 36. The number of aliphatic hydroxyl groups is 8. The van der Waals surface area contributed by atoms with Crippen molar-refractivity contribution in [1.29, 1.82) is 0 Å². The normalized spacial score (nSPS) is 34.3. The lowest BCUT2D eigenvalue weighted by Crippen LogP contribution is -2.43. The summed E-state index contributed by atoms with van der Waals surface area (Å²) < 4.78 is 244. The zero-order valence-corrected chi connectivity index (χ0v) is 68.8. The third-order valence-electron chi connectivity index (χ3n) is 18.3. The molecule has 12 heterocycles. The summed E-state index contributed by atoms with van der Waals surface area (Å²) in [6, 6.07) is 25.5. The standard InChI is InChI=1S/4C18H16FN2O8PS/c4*1-2-10-7-21(17(31)20-15(10)24)16-13(22)14(23)18(19,28-16)9-27-30(25)26-8-11-5-3-4-6-12(11)29-30/h4*1,3-7,13-14,16,22-23H,8-9H2,(H,20,24,31)/t4*13-,14+,16-,18-,30?/m1111/s1/i9D2,16D;16D;9D2;. The van der Waals surface area contributed by atoms with Crippen LogP contribution < -0.4 is 40.3 Å². The third kappa shape index (κ3) is 19.1. The molecule has 0 radical (unpaired) electrons. The van der Waals surface area contributed by atoms with Gasteiger partial charge in [-0.3, -0.25) is 93.6 Å². The first-order valence-corrected chi connectivity index (χ1v) is 42.4. The van der Waals surface area contributed by atoms with Crippen molar-refractivity contribution in [3.8, 4) is 72.4 Å². The number of aromatic amines is 4. The van der Waals surface area contributed by atoms with E-state index in [0.717, 1.165) is 33.9 Å². The number of halogens is 4. The number of hydrogen-bond donors (Lipinski definition) is 12. The molecule has 4 fully saturated rings. The van der Waals surface area contributed by atoms with E-state index in [2.05, 4.69) is 31.8 Å². The molecule has 4 aromatic heterocycles. The molecule has 52 heteroatoms. The zero-order chi connectivity index (χ0) is 95.0. The Balaban J connectivity index is 0.000000148.